The van der Waals surface area contributed by atoms with Gasteiger partial charge in [0.05, 0.1) is 89.4 Å². The van der Waals surface area contributed by atoms with Gasteiger partial charge in [-0.3, -0.25) is 36.3 Å². The number of hydrogen-bond acceptors (Lipinski definition) is 26. The SMILES string of the molecule is CC(C)c1cc(Nc2nccn3c(-c4cnn(C)c4)cnc23)sn1.Cn1cc(-c2cnc3c(Nc4cc(C5CC5)ns4)nccn23)cn1.Cn1cc(-c2cnc3c(Nc4cc(C5CCNCC5)ns4)nccn23)cn1.Cn1cc(-c2cnc3c(Nc4ccnc(N5CCNCC5)c4)nccn23)cn1. The van der Waals surface area contributed by atoms with E-state index in [1.807, 2.05) is 157 Å². The van der Waals surface area contributed by atoms with E-state index in [9.17, 15) is 0 Å². The Morgan fingerprint density at radius 2 is 0.786 bits per heavy atom. The van der Waals surface area contributed by atoms with Gasteiger partial charge in [-0.25, -0.2) is 44.9 Å². The molecule has 16 aromatic rings. The van der Waals surface area contributed by atoms with Gasteiger partial charge >= 0.3 is 0 Å². The van der Waals surface area contributed by atoms with Gasteiger partial charge in [-0.2, -0.15) is 33.5 Å². The zero-order valence-electron chi connectivity index (χ0n) is 57.2. The molecule has 0 atom stereocenters. The van der Waals surface area contributed by atoms with Crippen molar-refractivity contribution in [1.82, 2.24) is 125 Å². The van der Waals surface area contributed by atoms with Gasteiger partial charge in [-0.05, 0) is 104 Å². The first-order valence-corrected chi connectivity index (χ1v) is 36.1. The monoisotopic (exact) mass is 1430 g/mol. The van der Waals surface area contributed by atoms with Gasteiger partial charge in [0, 0.05) is 181 Å². The fourth-order valence-corrected chi connectivity index (χ4v) is 14.6. The third-order valence-corrected chi connectivity index (χ3v) is 20.0. The van der Waals surface area contributed by atoms with Crippen molar-refractivity contribution >= 4 is 107 Å². The number of aromatic nitrogens is 24. The van der Waals surface area contributed by atoms with E-state index in [2.05, 4.69) is 153 Å². The third-order valence-electron chi connectivity index (χ3n) is 17.8. The molecule has 2 saturated heterocycles. The van der Waals surface area contributed by atoms with E-state index in [0.29, 0.717) is 29.4 Å². The lowest BCUT2D eigenvalue weighted by Crippen LogP contribution is -2.43. The molecule has 2 aliphatic heterocycles. The molecule has 19 rings (SSSR count). The van der Waals surface area contributed by atoms with Crippen LogP contribution in [0.4, 0.5) is 49.8 Å². The maximum Gasteiger partial charge on any atom is 0.180 e. The number of piperazine rings is 1. The van der Waals surface area contributed by atoms with E-state index in [0.717, 1.165) is 164 Å². The Labute approximate surface area is 602 Å². The van der Waals surface area contributed by atoms with E-state index < -0.39 is 0 Å². The first-order chi connectivity index (χ1) is 50.4. The number of piperidine rings is 1. The second-order valence-corrected chi connectivity index (χ2v) is 27.9. The Balaban J connectivity index is 0.000000106. The van der Waals surface area contributed by atoms with Crippen LogP contribution < -0.4 is 36.8 Å². The van der Waals surface area contributed by atoms with Crippen LogP contribution >= 0.6 is 34.6 Å². The molecule has 0 spiro atoms. The van der Waals surface area contributed by atoms with Crippen LogP contribution in [-0.4, -0.2) is 154 Å². The molecule has 3 fully saturated rings. The molecule has 31 nitrogen and oxygen atoms in total. The molecule has 6 N–H and O–H groups in total. The summed E-state index contributed by atoms with van der Waals surface area (Å²) in [4.78, 5) is 42.9. The maximum absolute atomic E-state index is 4.66. The lowest BCUT2D eigenvalue weighted by Gasteiger charge is -2.28. The van der Waals surface area contributed by atoms with E-state index in [4.69, 9.17) is 0 Å². The second kappa shape index (κ2) is 29.1. The van der Waals surface area contributed by atoms with Gasteiger partial charge < -0.3 is 36.8 Å². The smallest absolute Gasteiger partial charge is 0.180 e. The fraction of sp³-hybridized carbons (Fsp3) is 0.275. The van der Waals surface area contributed by atoms with E-state index in [1.54, 1.807) is 43.5 Å². The highest BCUT2D eigenvalue weighted by atomic mass is 32.1. The molecule has 1 aliphatic carbocycles. The number of anilines is 9. The largest absolute Gasteiger partial charge is 0.354 e. The van der Waals surface area contributed by atoms with Crippen LogP contribution in [0.25, 0.3) is 67.6 Å². The number of rotatable bonds is 16. The van der Waals surface area contributed by atoms with E-state index >= 15 is 0 Å². The highest BCUT2D eigenvalue weighted by molar-refractivity contribution is 7.10. The summed E-state index contributed by atoms with van der Waals surface area (Å²) in [5.41, 5.74) is 15.5. The summed E-state index contributed by atoms with van der Waals surface area (Å²) in [6.45, 7) is 10.3. The molecule has 0 radical (unpaired) electrons. The first kappa shape index (κ1) is 65.9. The molecule has 18 heterocycles. The number of nitrogens with zero attached hydrogens (tertiary/aromatic N) is 25. The number of aryl methyl sites for hydroxylation is 4. The number of fused-ring (bicyclic) bond motifs is 4. The highest BCUT2D eigenvalue weighted by Gasteiger charge is 2.27. The predicted molar refractivity (Wildman–Crippen MR) is 400 cm³/mol. The minimum atomic E-state index is 0.407. The third kappa shape index (κ3) is 14.5. The molecular weight excluding hydrogens is 1360 g/mol. The topological polar surface area (TPSA) is 319 Å². The van der Waals surface area contributed by atoms with Crippen LogP contribution in [0.15, 0.2) is 160 Å². The van der Waals surface area contributed by atoms with Gasteiger partial charge in [0.25, 0.3) is 0 Å². The number of pyridine rings is 1. The minimum absolute atomic E-state index is 0.407. The molecule has 103 heavy (non-hydrogen) atoms. The predicted octanol–water partition coefficient (Wildman–Crippen LogP) is 11.1. The van der Waals surface area contributed by atoms with Crippen LogP contribution in [0.3, 0.4) is 0 Å². The van der Waals surface area contributed by atoms with Crippen molar-refractivity contribution in [2.24, 2.45) is 28.2 Å². The van der Waals surface area contributed by atoms with Crippen molar-refractivity contribution in [3.05, 3.63) is 178 Å². The summed E-state index contributed by atoms with van der Waals surface area (Å²) in [7, 11) is 7.62. The lowest BCUT2D eigenvalue weighted by atomic mass is 9.95. The van der Waals surface area contributed by atoms with Crippen LogP contribution in [-0.2, 0) is 28.2 Å². The summed E-state index contributed by atoms with van der Waals surface area (Å²) in [5, 5.41) is 40.2. The van der Waals surface area contributed by atoms with Gasteiger partial charge in [0.2, 0.25) is 0 Å². The number of imidazole rings is 4. The van der Waals surface area contributed by atoms with Gasteiger partial charge in [0.1, 0.15) is 20.8 Å². The van der Waals surface area contributed by atoms with Gasteiger partial charge in [0.15, 0.2) is 45.9 Å². The summed E-state index contributed by atoms with van der Waals surface area (Å²) in [5.74, 6) is 5.46. The molecule has 0 bridgehead atoms. The average Bonchev–Trinajstić information content (AvgIpc) is 1.67. The van der Waals surface area contributed by atoms with Crippen LogP contribution in [0.5, 0.6) is 0 Å². The zero-order chi connectivity index (χ0) is 69.9. The van der Waals surface area contributed by atoms with E-state index in [1.165, 1.54) is 58.8 Å². The lowest BCUT2D eigenvalue weighted by molar-refractivity contribution is 0.455. The molecule has 0 aromatic carbocycles. The van der Waals surface area contributed by atoms with Crippen molar-refractivity contribution in [2.75, 3.05) is 65.4 Å². The van der Waals surface area contributed by atoms with Crippen molar-refractivity contribution in [3.63, 3.8) is 0 Å². The van der Waals surface area contributed by atoms with Gasteiger partial charge in [-0.15, -0.1) is 0 Å². The summed E-state index contributed by atoms with van der Waals surface area (Å²) in [6.07, 6.45) is 44.0. The van der Waals surface area contributed by atoms with Crippen molar-refractivity contribution in [2.45, 2.75) is 57.3 Å². The Kier molecular flexibility index (Phi) is 18.6. The maximum atomic E-state index is 4.66. The number of hydrogen-bond donors (Lipinski definition) is 6. The molecule has 16 aromatic heterocycles. The quantitative estimate of drug-likeness (QED) is 0.0523. The summed E-state index contributed by atoms with van der Waals surface area (Å²) in [6, 6.07) is 10.3. The van der Waals surface area contributed by atoms with E-state index in [-0.39, 0.29) is 0 Å². The molecule has 0 unspecified atom stereocenters. The molecule has 0 amide bonds. The fourth-order valence-electron chi connectivity index (χ4n) is 12.3. The second-order valence-electron chi connectivity index (χ2n) is 25.5. The highest BCUT2D eigenvalue weighted by Crippen LogP contribution is 2.42. The number of nitrogens with one attached hydrogen (secondary N) is 6. The molecular formula is C69H73N31S3. The normalized spacial score (nSPS) is 14.0. The summed E-state index contributed by atoms with van der Waals surface area (Å²) >= 11 is 4.39. The first-order valence-electron chi connectivity index (χ1n) is 33.8. The molecule has 34 heteroatoms. The van der Waals surface area contributed by atoms with Crippen LogP contribution in [0, 0.1) is 0 Å². The molecule has 3 aliphatic rings. The summed E-state index contributed by atoms with van der Waals surface area (Å²) < 4.78 is 28.9. The Bertz CT molecular complexity index is 5400. The van der Waals surface area contributed by atoms with Crippen molar-refractivity contribution < 1.29 is 0 Å². The Morgan fingerprint density at radius 3 is 1.17 bits per heavy atom. The van der Waals surface area contributed by atoms with Crippen molar-refractivity contribution in [1.29, 1.82) is 0 Å². The van der Waals surface area contributed by atoms with Crippen molar-refractivity contribution in [3.8, 4) is 45.0 Å². The minimum Gasteiger partial charge on any atom is -0.354 e. The molecule has 1 saturated carbocycles. The Hall–Kier alpha value is -11.7. The zero-order valence-corrected chi connectivity index (χ0v) is 59.7. The Morgan fingerprint density at radius 1 is 0.408 bits per heavy atom. The molecule has 522 valence electrons. The van der Waals surface area contributed by atoms with Crippen LogP contribution in [0.2, 0.25) is 0 Å². The average molecular weight is 1430 g/mol. The van der Waals surface area contributed by atoms with Crippen LogP contribution in [0.1, 0.15) is 74.4 Å². The van der Waals surface area contributed by atoms with Gasteiger partial charge in [-0.1, -0.05) is 13.8 Å². The standard InChI is InChI=1S/C19H21N9.C18H20N8S.C16H15N7S.C16H17N7S/c1-26-13-14(11-24-26)16-12-23-19-18(22-6-9-28(16)19)25-15-2-3-21-17(10-15)27-7-4-20-5-8-27;1-25-11-13(9-22-25)15-10-21-18-17(20-6-7-26(15)18)23-16-8-14(24-27-16)12-2-4-19-5-3-12;1-22-9-11(7-19-22)13-8-18-16-15(17-4-5-23(13)16)20-14-6-12(21-24-14)10-2-3-10;1-10(2)12-6-14(24-21-12)20-15-16-18-8-13(23(16)5-4-17-15)11-7-19-22(3)9-11/h2-3,6,9-13,20H,4-5,7-8H2,1H3,(H,21,22,25);6-12,19H,2-5H2,1H3,(H,20,23);4-10H,2-3H2,1H3,(H,17,20);4-10H,1-3H3,(H,17,20).